The van der Waals surface area contributed by atoms with Crippen molar-refractivity contribution in [2.45, 2.75) is 20.4 Å². The largest absolute Gasteiger partial charge is 0.480 e. The van der Waals surface area contributed by atoms with E-state index in [1.807, 2.05) is 50.2 Å². The Morgan fingerprint density at radius 1 is 1.12 bits per heavy atom. The SMILES string of the molecule is Cc1ccc2c(c1)c(-c1n[nH]c(=O)c3ccccc13)c(C)n2CC(=O)O. The van der Waals surface area contributed by atoms with Crippen molar-refractivity contribution in [2.75, 3.05) is 0 Å². The third kappa shape index (κ3) is 2.38. The summed E-state index contributed by atoms with van der Waals surface area (Å²) in [6.07, 6.45) is 0. The molecule has 0 saturated heterocycles. The Kier molecular flexibility index (Phi) is 3.61. The number of H-pyrrole nitrogens is 1. The van der Waals surface area contributed by atoms with Gasteiger partial charge in [-0.05, 0) is 32.0 Å². The van der Waals surface area contributed by atoms with Crippen LogP contribution in [0.2, 0.25) is 0 Å². The van der Waals surface area contributed by atoms with Crippen LogP contribution in [0.5, 0.6) is 0 Å². The second kappa shape index (κ2) is 5.84. The Bertz CT molecular complexity index is 1230. The van der Waals surface area contributed by atoms with Crippen LogP contribution in [-0.2, 0) is 11.3 Å². The second-order valence-electron chi connectivity index (χ2n) is 6.41. The van der Waals surface area contributed by atoms with Crippen molar-refractivity contribution in [1.29, 1.82) is 0 Å². The highest BCUT2D eigenvalue weighted by molar-refractivity contribution is 6.05. The molecule has 0 aliphatic rings. The first kappa shape index (κ1) is 16.1. The third-order valence-corrected chi connectivity index (χ3v) is 4.71. The molecular formula is C20H17N3O3. The predicted molar refractivity (Wildman–Crippen MR) is 100 cm³/mol. The van der Waals surface area contributed by atoms with Crippen LogP contribution in [0.25, 0.3) is 32.9 Å². The van der Waals surface area contributed by atoms with E-state index in [9.17, 15) is 14.7 Å². The molecule has 6 heteroatoms. The highest BCUT2D eigenvalue weighted by Gasteiger charge is 2.20. The molecule has 0 aliphatic carbocycles. The average Bonchev–Trinajstić information content (AvgIpc) is 2.87. The summed E-state index contributed by atoms with van der Waals surface area (Å²) >= 11 is 0. The van der Waals surface area contributed by atoms with Crippen LogP contribution in [0.1, 0.15) is 11.3 Å². The number of rotatable bonds is 3. The third-order valence-electron chi connectivity index (χ3n) is 4.71. The van der Waals surface area contributed by atoms with Crippen molar-refractivity contribution in [3.63, 3.8) is 0 Å². The van der Waals surface area contributed by atoms with Crippen LogP contribution in [0.15, 0.2) is 47.3 Å². The highest BCUT2D eigenvalue weighted by Crippen LogP contribution is 2.36. The smallest absolute Gasteiger partial charge is 0.323 e. The van der Waals surface area contributed by atoms with Gasteiger partial charge in [0, 0.05) is 27.5 Å². The summed E-state index contributed by atoms with van der Waals surface area (Å²) in [4.78, 5) is 23.5. The minimum atomic E-state index is -0.906. The fourth-order valence-electron chi connectivity index (χ4n) is 3.54. The van der Waals surface area contributed by atoms with Crippen LogP contribution >= 0.6 is 0 Å². The first-order valence-corrected chi connectivity index (χ1v) is 8.26. The summed E-state index contributed by atoms with van der Waals surface area (Å²) < 4.78 is 1.77. The number of aromatic nitrogens is 3. The van der Waals surface area contributed by atoms with Gasteiger partial charge in [0.15, 0.2) is 0 Å². The maximum atomic E-state index is 12.1. The topological polar surface area (TPSA) is 88.0 Å². The lowest BCUT2D eigenvalue weighted by molar-refractivity contribution is -0.137. The van der Waals surface area contributed by atoms with Crippen molar-refractivity contribution in [3.8, 4) is 11.3 Å². The Morgan fingerprint density at radius 3 is 2.58 bits per heavy atom. The highest BCUT2D eigenvalue weighted by atomic mass is 16.4. The molecule has 2 N–H and O–H groups in total. The molecule has 4 rings (SSSR count). The van der Waals surface area contributed by atoms with Crippen molar-refractivity contribution in [1.82, 2.24) is 14.8 Å². The summed E-state index contributed by atoms with van der Waals surface area (Å²) in [5, 5.41) is 18.4. The summed E-state index contributed by atoms with van der Waals surface area (Å²) in [6.45, 7) is 3.74. The number of aromatic amines is 1. The number of nitrogens with zero attached hydrogens (tertiary/aromatic N) is 2. The first-order chi connectivity index (χ1) is 12.5. The van der Waals surface area contributed by atoms with E-state index in [1.54, 1.807) is 10.6 Å². The van der Waals surface area contributed by atoms with E-state index in [-0.39, 0.29) is 12.1 Å². The van der Waals surface area contributed by atoms with Gasteiger partial charge >= 0.3 is 5.97 Å². The minimum Gasteiger partial charge on any atom is -0.480 e. The molecule has 2 aromatic carbocycles. The number of carbonyl (C=O) groups is 1. The molecule has 0 bridgehead atoms. The fourth-order valence-corrected chi connectivity index (χ4v) is 3.54. The maximum Gasteiger partial charge on any atom is 0.323 e. The van der Waals surface area contributed by atoms with Gasteiger partial charge < -0.3 is 9.67 Å². The normalized spacial score (nSPS) is 11.3. The first-order valence-electron chi connectivity index (χ1n) is 8.26. The van der Waals surface area contributed by atoms with E-state index in [0.717, 1.165) is 33.1 Å². The Morgan fingerprint density at radius 2 is 1.85 bits per heavy atom. The molecule has 0 spiro atoms. The molecule has 0 unspecified atom stereocenters. The molecule has 0 aliphatic heterocycles. The fraction of sp³-hybridized carbons (Fsp3) is 0.150. The van der Waals surface area contributed by atoms with E-state index >= 15 is 0 Å². The van der Waals surface area contributed by atoms with Crippen molar-refractivity contribution in [3.05, 3.63) is 64.1 Å². The lowest BCUT2D eigenvalue weighted by Crippen LogP contribution is -2.11. The van der Waals surface area contributed by atoms with E-state index in [1.165, 1.54) is 0 Å². The minimum absolute atomic E-state index is 0.132. The van der Waals surface area contributed by atoms with E-state index < -0.39 is 5.97 Å². The summed E-state index contributed by atoms with van der Waals surface area (Å²) in [6, 6.07) is 13.2. The van der Waals surface area contributed by atoms with Gasteiger partial charge in [-0.25, -0.2) is 5.10 Å². The zero-order valence-corrected chi connectivity index (χ0v) is 14.4. The van der Waals surface area contributed by atoms with Gasteiger partial charge in [0.2, 0.25) is 0 Å². The monoisotopic (exact) mass is 347 g/mol. The van der Waals surface area contributed by atoms with Crippen LogP contribution in [0, 0.1) is 13.8 Å². The van der Waals surface area contributed by atoms with Gasteiger partial charge in [-0.3, -0.25) is 9.59 Å². The van der Waals surface area contributed by atoms with Crippen molar-refractivity contribution < 1.29 is 9.90 Å². The molecule has 0 atom stereocenters. The Labute approximate surface area is 148 Å². The lowest BCUT2D eigenvalue weighted by atomic mass is 10.0. The van der Waals surface area contributed by atoms with Crippen molar-refractivity contribution in [2.24, 2.45) is 0 Å². The second-order valence-corrected chi connectivity index (χ2v) is 6.41. The molecule has 0 radical (unpaired) electrons. The lowest BCUT2D eigenvalue weighted by Gasteiger charge is -2.07. The van der Waals surface area contributed by atoms with Gasteiger partial charge in [-0.2, -0.15) is 5.10 Å². The van der Waals surface area contributed by atoms with Crippen LogP contribution in [-0.4, -0.2) is 25.8 Å². The van der Waals surface area contributed by atoms with E-state index in [0.29, 0.717) is 11.1 Å². The van der Waals surface area contributed by atoms with E-state index in [4.69, 9.17) is 0 Å². The number of carboxylic acid groups (broad SMARTS) is 1. The molecule has 4 aromatic rings. The van der Waals surface area contributed by atoms with Crippen LogP contribution < -0.4 is 5.56 Å². The zero-order valence-electron chi connectivity index (χ0n) is 14.4. The predicted octanol–water partition coefficient (Wildman–Crippen LogP) is 3.25. The number of hydrogen-bond acceptors (Lipinski definition) is 3. The molecule has 0 fully saturated rings. The number of benzene rings is 2. The number of nitrogens with one attached hydrogen (secondary N) is 1. The van der Waals surface area contributed by atoms with E-state index in [2.05, 4.69) is 10.2 Å². The zero-order chi connectivity index (χ0) is 18.4. The molecule has 0 saturated carbocycles. The van der Waals surface area contributed by atoms with Crippen LogP contribution in [0.4, 0.5) is 0 Å². The maximum absolute atomic E-state index is 12.1. The standard InChI is InChI=1S/C20H17N3O3/c1-11-7-8-16-15(9-11)18(12(2)23(16)10-17(24)25)19-13-5-3-4-6-14(13)20(26)22-21-19/h3-9H,10H2,1-2H3,(H,22,26)(H,24,25). The molecular weight excluding hydrogens is 330 g/mol. The molecule has 2 heterocycles. The average molecular weight is 347 g/mol. The number of aryl methyl sites for hydroxylation is 1. The summed E-state index contributed by atoms with van der Waals surface area (Å²) in [7, 11) is 0. The molecule has 130 valence electrons. The number of hydrogen-bond donors (Lipinski definition) is 2. The molecule has 2 aromatic heterocycles. The van der Waals surface area contributed by atoms with Gasteiger partial charge in [-0.15, -0.1) is 0 Å². The van der Waals surface area contributed by atoms with Gasteiger partial charge in [0.05, 0.1) is 5.39 Å². The van der Waals surface area contributed by atoms with Crippen molar-refractivity contribution >= 4 is 27.6 Å². The summed E-state index contributed by atoms with van der Waals surface area (Å²) in [5.41, 5.74) is 3.96. The number of aliphatic carboxylic acids is 1. The Balaban J connectivity index is 2.15. The molecule has 0 amide bonds. The van der Waals surface area contributed by atoms with Gasteiger partial charge in [0.25, 0.3) is 5.56 Å². The quantitative estimate of drug-likeness (QED) is 0.595. The molecule has 6 nitrogen and oxygen atoms in total. The number of carboxylic acids is 1. The summed E-state index contributed by atoms with van der Waals surface area (Å²) in [5.74, 6) is -0.906. The van der Waals surface area contributed by atoms with Gasteiger partial charge in [-0.1, -0.05) is 29.8 Å². The van der Waals surface area contributed by atoms with Gasteiger partial charge in [0.1, 0.15) is 12.2 Å². The molecule has 26 heavy (non-hydrogen) atoms. The number of fused-ring (bicyclic) bond motifs is 2. The Hall–Kier alpha value is -3.41. The van der Waals surface area contributed by atoms with Crippen LogP contribution in [0.3, 0.4) is 0 Å².